The van der Waals surface area contributed by atoms with Crippen molar-refractivity contribution in [2.24, 2.45) is 5.92 Å². The highest BCUT2D eigenvalue weighted by molar-refractivity contribution is 6.30. The van der Waals surface area contributed by atoms with E-state index in [0.717, 1.165) is 24.0 Å². The second-order valence-corrected chi connectivity index (χ2v) is 6.94. The van der Waals surface area contributed by atoms with Gasteiger partial charge in [0, 0.05) is 23.8 Å². The molecule has 4 heteroatoms. The molecular formula is C20H25ClN2O. The average Bonchev–Trinajstić information content (AvgIpc) is 2.58. The van der Waals surface area contributed by atoms with Crippen LogP contribution in [-0.4, -0.2) is 10.9 Å². The van der Waals surface area contributed by atoms with Gasteiger partial charge in [0.2, 0.25) is 5.91 Å². The van der Waals surface area contributed by atoms with E-state index < -0.39 is 0 Å². The minimum Gasteiger partial charge on any atom is -0.349 e. The monoisotopic (exact) mass is 344 g/mol. The first-order chi connectivity index (χ1) is 11.5. The Labute approximate surface area is 149 Å². The standard InChI is InChI=1S/C20H25ClN2O/c1-15(2)5-11-19(17-7-9-18(21)10-8-17)23-20(24)12-6-16-4-3-13-22-14-16/h3-4,7-10,13-15,19H,5-6,11-12H2,1-2H3,(H,23,24). The van der Waals surface area contributed by atoms with E-state index in [2.05, 4.69) is 24.1 Å². The van der Waals surface area contributed by atoms with E-state index >= 15 is 0 Å². The predicted octanol–water partition coefficient (Wildman–Crippen LogP) is 4.96. The fraction of sp³-hybridized carbons (Fsp3) is 0.400. The number of hydrogen-bond donors (Lipinski definition) is 1. The molecule has 2 rings (SSSR count). The number of hydrogen-bond acceptors (Lipinski definition) is 2. The molecule has 0 spiro atoms. The van der Waals surface area contributed by atoms with Crippen molar-refractivity contribution in [3.63, 3.8) is 0 Å². The number of carbonyl (C=O) groups excluding carboxylic acids is 1. The molecule has 0 fully saturated rings. The second-order valence-electron chi connectivity index (χ2n) is 6.50. The van der Waals surface area contributed by atoms with Crippen LogP contribution in [0.4, 0.5) is 0 Å². The second kappa shape index (κ2) is 9.43. The Bertz CT molecular complexity index is 626. The molecule has 0 saturated carbocycles. The van der Waals surface area contributed by atoms with Gasteiger partial charge in [0.15, 0.2) is 0 Å². The van der Waals surface area contributed by atoms with Crippen molar-refractivity contribution in [1.82, 2.24) is 10.3 Å². The van der Waals surface area contributed by atoms with Crippen LogP contribution in [0, 0.1) is 5.92 Å². The molecule has 1 aromatic heterocycles. The highest BCUT2D eigenvalue weighted by atomic mass is 35.5. The molecule has 1 unspecified atom stereocenters. The van der Waals surface area contributed by atoms with Crippen LogP contribution in [0.2, 0.25) is 5.02 Å². The normalized spacial score (nSPS) is 12.2. The summed E-state index contributed by atoms with van der Waals surface area (Å²) in [5.41, 5.74) is 2.19. The van der Waals surface area contributed by atoms with Crippen LogP contribution in [-0.2, 0) is 11.2 Å². The Hall–Kier alpha value is -1.87. The first-order valence-corrected chi connectivity index (χ1v) is 8.86. The van der Waals surface area contributed by atoms with Gasteiger partial charge in [0.1, 0.15) is 0 Å². The first kappa shape index (κ1) is 18.5. The van der Waals surface area contributed by atoms with E-state index in [0.29, 0.717) is 23.8 Å². The number of amides is 1. The quantitative estimate of drug-likeness (QED) is 0.735. The summed E-state index contributed by atoms with van der Waals surface area (Å²) in [6, 6.07) is 11.7. The van der Waals surface area contributed by atoms with Crippen LogP contribution in [0.3, 0.4) is 0 Å². The molecule has 0 bridgehead atoms. The number of halogens is 1. The maximum Gasteiger partial charge on any atom is 0.220 e. The molecule has 128 valence electrons. The summed E-state index contributed by atoms with van der Waals surface area (Å²) in [4.78, 5) is 16.4. The molecule has 2 aromatic rings. The Morgan fingerprint density at radius 1 is 1.17 bits per heavy atom. The van der Waals surface area contributed by atoms with E-state index in [1.807, 2.05) is 42.6 Å². The molecule has 3 nitrogen and oxygen atoms in total. The van der Waals surface area contributed by atoms with Crippen LogP contribution in [0.5, 0.6) is 0 Å². The Morgan fingerprint density at radius 2 is 1.92 bits per heavy atom. The van der Waals surface area contributed by atoms with Gasteiger partial charge in [-0.25, -0.2) is 0 Å². The number of rotatable bonds is 8. The van der Waals surface area contributed by atoms with Crippen LogP contribution >= 0.6 is 11.6 Å². The summed E-state index contributed by atoms with van der Waals surface area (Å²) in [5, 5.41) is 3.89. The van der Waals surface area contributed by atoms with E-state index in [1.54, 1.807) is 6.20 Å². The fourth-order valence-electron chi connectivity index (χ4n) is 2.59. The van der Waals surface area contributed by atoms with Gasteiger partial charge in [0.25, 0.3) is 0 Å². The van der Waals surface area contributed by atoms with Crippen LogP contribution in [0.25, 0.3) is 0 Å². The smallest absolute Gasteiger partial charge is 0.220 e. The Morgan fingerprint density at radius 3 is 2.54 bits per heavy atom. The number of aromatic nitrogens is 1. The van der Waals surface area contributed by atoms with Gasteiger partial charge in [-0.3, -0.25) is 9.78 Å². The summed E-state index contributed by atoms with van der Waals surface area (Å²) in [6.07, 6.45) is 6.72. The largest absolute Gasteiger partial charge is 0.349 e. The Kier molecular flexibility index (Phi) is 7.26. The third-order valence-corrected chi connectivity index (χ3v) is 4.26. The number of benzene rings is 1. The zero-order valence-electron chi connectivity index (χ0n) is 14.3. The Balaban J connectivity index is 1.96. The lowest BCUT2D eigenvalue weighted by atomic mass is 9.97. The summed E-state index contributed by atoms with van der Waals surface area (Å²) in [7, 11) is 0. The molecule has 0 aliphatic heterocycles. The molecule has 1 N–H and O–H groups in total. The van der Waals surface area contributed by atoms with Gasteiger partial charge in [-0.1, -0.05) is 43.6 Å². The molecule has 0 radical (unpaired) electrons. The SMILES string of the molecule is CC(C)CCC(NC(=O)CCc1cccnc1)c1ccc(Cl)cc1. The van der Waals surface area contributed by atoms with Crippen LogP contribution in [0.15, 0.2) is 48.8 Å². The number of carbonyl (C=O) groups is 1. The third kappa shape index (κ3) is 6.32. The lowest BCUT2D eigenvalue weighted by molar-refractivity contribution is -0.121. The highest BCUT2D eigenvalue weighted by Crippen LogP contribution is 2.23. The minimum absolute atomic E-state index is 0.0334. The van der Waals surface area contributed by atoms with Crippen molar-refractivity contribution in [1.29, 1.82) is 0 Å². The lowest BCUT2D eigenvalue weighted by Gasteiger charge is -2.20. The molecule has 1 aromatic carbocycles. The molecule has 1 atom stereocenters. The number of aryl methyl sites for hydroxylation is 1. The molecule has 1 amide bonds. The van der Waals surface area contributed by atoms with Gasteiger partial charge < -0.3 is 5.32 Å². The summed E-state index contributed by atoms with van der Waals surface area (Å²) in [5.74, 6) is 0.676. The van der Waals surface area contributed by atoms with Crippen molar-refractivity contribution in [3.8, 4) is 0 Å². The van der Waals surface area contributed by atoms with Crippen LogP contribution < -0.4 is 5.32 Å². The number of pyridine rings is 1. The average molecular weight is 345 g/mol. The van der Waals surface area contributed by atoms with Gasteiger partial charge >= 0.3 is 0 Å². The topological polar surface area (TPSA) is 42.0 Å². The van der Waals surface area contributed by atoms with Crippen molar-refractivity contribution in [3.05, 3.63) is 64.9 Å². The zero-order valence-corrected chi connectivity index (χ0v) is 15.1. The number of nitrogens with zero attached hydrogens (tertiary/aromatic N) is 1. The molecule has 0 aliphatic carbocycles. The first-order valence-electron chi connectivity index (χ1n) is 8.48. The van der Waals surface area contributed by atoms with Gasteiger partial charge in [-0.2, -0.15) is 0 Å². The highest BCUT2D eigenvalue weighted by Gasteiger charge is 2.15. The molecule has 1 heterocycles. The van der Waals surface area contributed by atoms with Gasteiger partial charge in [-0.05, 0) is 54.5 Å². The van der Waals surface area contributed by atoms with E-state index in [9.17, 15) is 4.79 Å². The maximum atomic E-state index is 12.4. The summed E-state index contributed by atoms with van der Waals surface area (Å²) < 4.78 is 0. The van der Waals surface area contributed by atoms with E-state index in [-0.39, 0.29) is 11.9 Å². The van der Waals surface area contributed by atoms with Crippen molar-refractivity contribution in [2.45, 2.75) is 45.6 Å². The predicted molar refractivity (Wildman–Crippen MR) is 99.0 cm³/mol. The lowest BCUT2D eigenvalue weighted by Crippen LogP contribution is -2.29. The molecular weight excluding hydrogens is 320 g/mol. The van der Waals surface area contributed by atoms with Crippen molar-refractivity contribution in [2.75, 3.05) is 0 Å². The van der Waals surface area contributed by atoms with Crippen LogP contribution in [0.1, 0.15) is 50.3 Å². The van der Waals surface area contributed by atoms with E-state index in [1.165, 1.54) is 0 Å². The van der Waals surface area contributed by atoms with Gasteiger partial charge in [-0.15, -0.1) is 0 Å². The number of nitrogens with one attached hydrogen (secondary N) is 1. The van der Waals surface area contributed by atoms with Gasteiger partial charge in [0.05, 0.1) is 6.04 Å². The van der Waals surface area contributed by atoms with E-state index in [4.69, 9.17) is 11.6 Å². The summed E-state index contributed by atoms with van der Waals surface area (Å²) in [6.45, 7) is 4.40. The zero-order chi connectivity index (χ0) is 17.4. The van der Waals surface area contributed by atoms with Crippen molar-refractivity contribution < 1.29 is 4.79 Å². The van der Waals surface area contributed by atoms with Crippen molar-refractivity contribution >= 4 is 17.5 Å². The molecule has 0 aliphatic rings. The summed E-state index contributed by atoms with van der Waals surface area (Å²) >= 11 is 5.97. The molecule has 0 saturated heterocycles. The fourth-order valence-corrected chi connectivity index (χ4v) is 2.71. The molecule has 24 heavy (non-hydrogen) atoms. The third-order valence-electron chi connectivity index (χ3n) is 4.00. The maximum absolute atomic E-state index is 12.4. The minimum atomic E-state index is 0.0334.